The summed E-state index contributed by atoms with van der Waals surface area (Å²) in [6.07, 6.45) is 4.93. The summed E-state index contributed by atoms with van der Waals surface area (Å²) in [5.41, 5.74) is 0. The second-order valence-electron chi connectivity index (χ2n) is 1.63. The summed E-state index contributed by atoms with van der Waals surface area (Å²) < 4.78 is 21.4. The van der Waals surface area contributed by atoms with Crippen molar-refractivity contribution in [1.29, 1.82) is 0 Å². The monoisotopic (exact) mass is 224 g/mol. The molecule has 0 aromatic heterocycles. The third-order valence-electron chi connectivity index (χ3n) is 0.742. The number of sulfone groups is 1. The molecule has 0 rings (SSSR count). The molecule has 0 spiro atoms. The highest BCUT2D eigenvalue weighted by molar-refractivity contribution is 9.10. The number of allylic oxidation sites excluding steroid dienone is 3. The minimum atomic E-state index is -3.01. The first-order valence-electron chi connectivity index (χ1n) is 2.70. The van der Waals surface area contributed by atoms with Crippen molar-refractivity contribution in [2.75, 3.05) is 4.66 Å². The zero-order valence-electron chi connectivity index (χ0n) is 5.62. The van der Waals surface area contributed by atoms with Crippen molar-refractivity contribution in [2.45, 2.75) is 6.92 Å². The van der Waals surface area contributed by atoms with Crippen LogP contribution < -0.4 is 0 Å². The van der Waals surface area contributed by atoms with E-state index in [1.807, 2.05) is 6.92 Å². The number of alkyl halides is 1. The summed E-state index contributed by atoms with van der Waals surface area (Å²) >= 11 is 2.86. The Kier molecular flexibility index (Phi) is 4.64. The molecule has 0 aliphatic rings. The number of rotatable bonds is 3. The molecular weight excluding hydrogens is 216 g/mol. The SMILES string of the molecule is CC=CC=CS(=O)(=O)CBr. The maximum atomic E-state index is 10.7. The van der Waals surface area contributed by atoms with Crippen molar-refractivity contribution >= 4 is 25.8 Å². The van der Waals surface area contributed by atoms with Crippen molar-refractivity contribution < 1.29 is 8.42 Å². The standard InChI is InChI=1S/C6H9BrO2S/c1-2-3-4-5-10(8,9)6-7/h2-5H,6H2,1H3. The second kappa shape index (κ2) is 4.68. The van der Waals surface area contributed by atoms with Crippen LogP contribution in [0.15, 0.2) is 23.6 Å². The Morgan fingerprint density at radius 1 is 1.40 bits per heavy atom. The molecule has 0 amide bonds. The summed E-state index contributed by atoms with van der Waals surface area (Å²) in [6, 6.07) is 0. The Hall–Kier alpha value is -0.0900. The lowest BCUT2D eigenvalue weighted by molar-refractivity contribution is 0.609. The van der Waals surface area contributed by atoms with E-state index >= 15 is 0 Å². The van der Waals surface area contributed by atoms with E-state index in [1.165, 1.54) is 11.5 Å². The smallest absolute Gasteiger partial charge is 0.181 e. The van der Waals surface area contributed by atoms with E-state index in [0.29, 0.717) is 0 Å². The zero-order valence-corrected chi connectivity index (χ0v) is 8.02. The fourth-order valence-corrected chi connectivity index (χ4v) is 1.17. The summed E-state index contributed by atoms with van der Waals surface area (Å²) in [6.45, 7) is 1.82. The van der Waals surface area contributed by atoms with Gasteiger partial charge in [-0.1, -0.05) is 34.2 Å². The highest BCUT2D eigenvalue weighted by Gasteiger charge is 1.98. The van der Waals surface area contributed by atoms with Gasteiger partial charge in [0.2, 0.25) is 0 Å². The Labute approximate surface area is 69.7 Å². The van der Waals surface area contributed by atoms with Crippen LogP contribution in [0.5, 0.6) is 0 Å². The van der Waals surface area contributed by atoms with Crippen LogP contribution in [0.25, 0.3) is 0 Å². The number of halogens is 1. The average Bonchev–Trinajstić information content (AvgIpc) is 1.89. The van der Waals surface area contributed by atoms with Crippen LogP contribution in [-0.4, -0.2) is 13.1 Å². The van der Waals surface area contributed by atoms with Gasteiger partial charge in [-0.2, -0.15) is 0 Å². The quantitative estimate of drug-likeness (QED) is 0.542. The summed E-state index contributed by atoms with van der Waals surface area (Å²) in [4.78, 5) is 0. The third-order valence-corrected chi connectivity index (χ3v) is 3.53. The molecule has 58 valence electrons. The molecule has 0 saturated carbocycles. The molecule has 0 fully saturated rings. The molecule has 0 saturated heterocycles. The van der Waals surface area contributed by atoms with Crippen LogP contribution >= 0.6 is 15.9 Å². The molecule has 0 bridgehead atoms. The minimum Gasteiger partial charge on any atom is -0.223 e. The Morgan fingerprint density at radius 2 is 2.00 bits per heavy atom. The van der Waals surface area contributed by atoms with Crippen molar-refractivity contribution in [1.82, 2.24) is 0 Å². The van der Waals surface area contributed by atoms with Crippen LogP contribution in [0.2, 0.25) is 0 Å². The summed E-state index contributed by atoms with van der Waals surface area (Å²) in [7, 11) is -3.01. The Balaban J connectivity index is 4.15. The second-order valence-corrected chi connectivity index (χ2v) is 4.82. The largest absolute Gasteiger partial charge is 0.223 e. The third kappa shape index (κ3) is 4.76. The molecule has 0 atom stereocenters. The van der Waals surface area contributed by atoms with Crippen LogP contribution in [0.3, 0.4) is 0 Å². The fraction of sp³-hybridized carbons (Fsp3) is 0.333. The van der Waals surface area contributed by atoms with Gasteiger partial charge in [-0.15, -0.1) is 0 Å². The van der Waals surface area contributed by atoms with Crippen LogP contribution in [0, 0.1) is 0 Å². The van der Waals surface area contributed by atoms with Crippen molar-refractivity contribution in [2.24, 2.45) is 0 Å². The fourth-order valence-electron chi connectivity index (χ4n) is 0.313. The topological polar surface area (TPSA) is 34.1 Å². The summed E-state index contributed by atoms with van der Waals surface area (Å²) in [5.74, 6) is 0. The lowest BCUT2D eigenvalue weighted by Crippen LogP contribution is -1.93. The Morgan fingerprint density at radius 3 is 2.40 bits per heavy atom. The van der Waals surface area contributed by atoms with Crippen LogP contribution in [0.4, 0.5) is 0 Å². The summed E-state index contributed by atoms with van der Waals surface area (Å²) in [5, 5.41) is 1.17. The van der Waals surface area contributed by atoms with Gasteiger partial charge >= 0.3 is 0 Å². The molecule has 0 aliphatic carbocycles. The van der Waals surface area contributed by atoms with Gasteiger partial charge in [0.05, 0.1) is 0 Å². The van der Waals surface area contributed by atoms with Gasteiger partial charge in [0.25, 0.3) is 0 Å². The molecule has 2 nitrogen and oxygen atoms in total. The highest BCUT2D eigenvalue weighted by atomic mass is 79.9. The van der Waals surface area contributed by atoms with Gasteiger partial charge in [-0.05, 0) is 6.92 Å². The molecule has 0 aromatic carbocycles. The maximum absolute atomic E-state index is 10.7. The van der Waals surface area contributed by atoms with E-state index in [1.54, 1.807) is 12.2 Å². The highest BCUT2D eigenvalue weighted by Crippen LogP contribution is 1.97. The minimum absolute atomic E-state index is 0.0198. The predicted molar refractivity (Wildman–Crippen MR) is 46.7 cm³/mol. The first kappa shape index (κ1) is 9.91. The van der Waals surface area contributed by atoms with Crippen LogP contribution in [0.1, 0.15) is 6.92 Å². The molecule has 0 aliphatic heterocycles. The number of hydrogen-bond acceptors (Lipinski definition) is 2. The average molecular weight is 225 g/mol. The van der Waals surface area contributed by atoms with Gasteiger partial charge in [0, 0.05) is 5.41 Å². The van der Waals surface area contributed by atoms with E-state index in [4.69, 9.17) is 0 Å². The van der Waals surface area contributed by atoms with Gasteiger partial charge < -0.3 is 0 Å². The zero-order chi connectivity index (χ0) is 8.04. The van der Waals surface area contributed by atoms with E-state index in [-0.39, 0.29) is 4.66 Å². The molecule has 4 heteroatoms. The van der Waals surface area contributed by atoms with E-state index in [0.717, 1.165) is 0 Å². The van der Waals surface area contributed by atoms with Crippen molar-refractivity contribution in [3.05, 3.63) is 23.6 Å². The predicted octanol–water partition coefficient (Wildman–Crippen LogP) is 1.84. The van der Waals surface area contributed by atoms with E-state index in [9.17, 15) is 8.42 Å². The van der Waals surface area contributed by atoms with Crippen molar-refractivity contribution in [3.8, 4) is 0 Å². The lowest BCUT2D eigenvalue weighted by Gasteiger charge is -1.85. The van der Waals surface area contributed by atoms with Crippen LogP contribution in [-0.2, 0) is 9.84 Å². The first-order valence-corrected chi connectivity index (χ1v) is 5.54. The maximum Gasteiger partial charge on any atom is 0.181 e. The van der Waals surface area contributed by atoms with Gasteiger partial charge in [-0.3, -0.25) is 0 Å². The molecule has 0 N–H and O–H groups in total. The number of hydrogen-bond donors (Lipinski definition) is 0. The molecule has 0 radical (unpaired) electrons. The van der Waals surface area contributed by atoms with Gasteiger partial charge in [0.15, 0.2) is 9.84 Å². The molecule has 10 heavy (non-hydrogen) atoms. The molecule has 0 heterocycles. The molecule has 0 aromatic rings. The van der Waals surface area contributed by atoms with Gasteiger partial charge in [0.1, 0.15) is 4.66 Å². The Bertz CT molecular complexity index is 226. The van der Waals surface area contributed by atoms with E-state index in [2.05, 4.69) is 15.9 Å². The normalized spacial score (nSPS) is 13.4. The molecular formula is C6H9BrO2S. The van der Waals surface area contributed by atoms with Gasteiger partial charge in [-0.25, -0.2) is 8.42 Å². The lowest BCUT2D eigenvalue weighted by atomic mass is 10.5. The van der Waals surface area contributed by atoms with E-state index < -0.39 is 9.84 Å². The van der Waals surface area contributed by atoms with Crippen molar-refractivity contribution in [3.63, 3.8) is 0 Å². The molecule has 0 unspecified atom stereocenters. The first-order chi connectivity index (χ1) is 4.62.